The Labute approximate surface area is 100 Å². The van der Waals surface area contributed by atoms with E-state index in [1.54, 1.807) is 13.0 Å². The summed E-state index contributed by atoms with van der Waals surface area (Å²) in [6, 6.07) is 4.27. The molecule has 1 aromatic rings. The molecule has 1 atom stereocenters. The maximum atomic E-state index is 13.1. The molecule has 4 heteroatoms. The van der Waals surface area contributed by atoms with Crippen LogP contribution in [0.1, 0.15) is 15.9 Å². The van der Waals surface area contributed by atoms with E-state index in [0.717, 1.165) is 12.1 Å². The molecule has 0 spiro atoms. The van der Waals surface area contributed by atoms with Crippen molar-refractivity contribution in [1.29, 1.82) is 0 Å². The molecule has 1 aliphatic rings. The Balaban J connectivity index is 2.21. The third-order valence-electron chi connectivity index (χ3n) is 3.03. The van der Waals surface area contributed by atoms with Crippen LogP contribution in [0.25, 0.3) is 0 Å². The third-order valence-corrected chi connectivity index (χ3v) is 3.03. The summed E-state index contributed by atoms with van der Waals surface area (Å²) in [5.41, 5.74) is 1.21. The minimum atomic E-state index is -0.478. The second-order valence-electron chi connectivity index (χ2n) is 4.45. The van der Waals surface area contributed by atoms with Crippen molar-refractivity contribution in [1.82, 2.24) is 4.90 Å². The lowest BCUT2D eigenvalue weighted by molar-refractivity contribution is -0.00867. The van der Waals surface area contributed by atoms with Gasteiger partial charge in [0.05, 0.1) is 6.61 Å². The molecule has 92 valence electrons. The largest absolute Gasteiger partial charge is 0.367 e. The van der Waals surface area contributed by atoms with Gasteiger partial charge in [-0.25, -0.2) is 4.39 Å². The number of Topliss-reactive ketones (excluding diaryl/α,β-unsaturated/α-hetero) is 1. The van der Waals surface area contributed by atoms with Gasteiger partial charge in [-0.3, -0.25) is 4.79 Å². The van der Waals surface area contributed by atoms with Crippen molar-refractivity contribution in [2.24, 2.45) is 0 Å². The minimum Gasteiger partial charge on any atom is -0.367 e. The van der Waals surface area contributed by atoms with Crippen LogP contribution in [0.2, 0.25) is 0 Å². The van der Waals surface area contributed by atoms with Crippen molar-refractivity contribution in [2.45, 2.75) is 13.0 Å². The lowest BCUT2D eigenvalue weighted by Crippen LogP contribution is -2.44. The Morgan fingerprint density at radius 2 is 2.29 bits per heavy atom. The summed E-state index contributed by atoms with van der Waals surface area (Å²) in [4.78, 5) is 14.2. The summed E-state index contributed by atoms with van der Waals surface area (Å²) >= 11 is 0. The number of carbonyl (C=O) groups is 1. The lowest BCUT2D eigenvalue weighted by Gasteiger charge is -2.29. The molecule has 0 aliphatic carbocycles. The van der Waals surface area contributed by atoms with Crippen LogP contribution in [0.15, 0.2) is 18.2 Å². The molecule has 1 heterocycles. The molecule has 1 unspecified atom stereocenters. The molecular weight excluding hydrogens is 221 g/mol. The van der Waals surface area contributed by atoms with Crippen LogP contribution in [0.5, 0.6) is 0 Å². The number of ether oxygens (including phenoxy) is 1. The third kappa shape index (κ3) is 2.70. The van der Waals surface area contributed by atoms with Gasteiger partial charge in [-0.2, -0.15) is 0 Å². The van der Waals surface area contributed by atoms with Crippen molar-refractivity contribution < 1.29 is 13.9 Å². The molecule has 0 radical (unpaired) electrons. The number of rotatable bonds is 2. The topological polar surface area (TPSA) is 29.5 Å². The Hall–Kier alpha value is -1.26. The molecule has 17 heavy (non-hydrogen) atoms. The highest BCUT2D eigenvalue weighted by Gasteiger charge is 2.26. The van der Waals surface area contributed by atoms with Crippen molar-refractivity contribution in [3.8, 4) is 0 Å². The van der Waals surface area contributed by atoms with Gasteiger partial charge in [-0.05, 0) is 31.7 Å². The summed E-state index contributed by atoms with van der Waals surface area (Å²) in [5, 5.41) is 0. The van der Waals surface area contributed by atoms with E-state index in [0.29, 0.717) is 18.7 Å². The second-order valence-corrected chi connectivity index (χ2v) is 4.45. The van der Waals surface area contributed by atoms with Crippen LogP contribution >= 0.6 is 0 Å². The first-order valence-corrected chi connectivity index (χ1v) is 5.68. The molecule has 1 saturated heterocycles. The fourth-order valence-corrected chi connectivity index (χ4v) is 1.97. The number of morpholine rings is 1. The molecule has 0 N–H and O–H groups in total. The average Bonchev–Trinajstić information content (AvgIpc) is 2.31. The molecular formula is C13H16FNO2. The number of ketones is 1. The highest BCUT2D eigenvalue weighted by Crippen LogP contribution is 2.16. The van der Waals surface area contributed by atoms with Crippen molar-refractivity contribution >= 4 is 5.78 Å². The van der Waals surface area contributed by atoms with Crippen LogP contribution in [0.3, 0.4) is 0 Å². The molecule has 0 aromatic heterocycles. The maximum absolute atomic E-state index is 13.1. The Bertz CT molecular complexity index is 433. The molecule has 0 amide bonds. The Kier molecular flexibility index (Phi) is 3.54. The molecule has 2 rings (SSSR count). The monoisotopic (exact) mass is 237 g/mol. The molecule has 0 saturated carbocycles. The standard InChI is InChI=1S/C13H16FNO2/c1-9-3-4-10(14)7-11(9)13(16)12-8-15(2)5-6-17-12/h3-4,7,12H,5-6,8H2,1-2H3. The van der Waals surface area contributed by atoms with E-state index in [1.165, 1.54) is 12.1 Å². The zero-order chi connectivity index (χ0) is 12.4. The smallest absolute Gasteiger partial charge is 0.193 e. The van der Waals surface area contributed by atoms with E-state index in [4.69, 9.17) is 4.74 Å². The van der Waals surface area contributed by atoms with Gasteiger partial charge in [-0.1, -0.05) is 6.07 Å². The first-order valence-electron chi connectivity index (χ1n) is 5.68. The highest BCUT2D eigenvalue weighted by atomic mass is 19.1. The minimum absolute atomic E-state index is 0.131. The van der Waals surface area contributed by atoms with Crippen LogP contribution < -0.4 is 0 Å². The fourth-order valence-electron chi connectivity index (χ4n) is 1.97. The van der Waals surface area contributed by atoms with Gasteiger partial charge in [-0.15, -0.1) is 0 Å². The molecule has 1 fully saturated rings. The van der Waals surface area contributed by atoms with Gasteiger partial charge in [0.25, 0.3) is 0 Å². The molecule has 1 aromatic carbocycles. The van der Waals surface area contributed by atoms with E-state index < -0.39 is 6.10 Å². The van der Waals surface area contributed by atoms with E-state index >= 15 is 0 Å². The SMILES string of the molecule is Cc1ccc(F)cc1C(=O)C1CN(C)CCO1. The van der Waals surface area contributed by atoms with Gasteiger partial charge < -0.3 is 9.64 Å². The van der Waals surface area contributed by atoms with E-state index in [1.807, 2.05) is 11.9 Å². The van der Waals surface area contributed by atoms with E-state index in [-0.39, 0.29) is 11.6 Å². The van der Waals surface area contributed by atoms with Gasteiger partial charge in [0.15, 0.2) is 5.78 Å². The van der Waals surface area contributed by atoms with Crippen LogP contribution in [-0.4, -0.2) is 43.5 Å². The fraction of sp³-hybridized carbons (Fsp3) is 0.462. The Morgan fingerprint density at radius 1 is 1.53 bits per heavy atom. The number of halogens is 1. The number of hydrogen-bond acceptors (Lipinski definition) is 3. The number of likely N-dealkylation sites (N-methyl/N-ethyl adjacent to an activating group) is 1. The summed E-state index contributed by atoms with van der Waals surface area (Å²) in [6.07, 6.45) is -0.478. The normalized spacial score (nSPS) is 21.5. The first-order chi connectivity index (χ1) is 8.08. The second kappa shape index (κ2) is 4.94. The number of benzene rings is 1. The predicted molar refractivity (Wildman–Crippen MR) is 62.7 cm³/mol. The number of nitrogens with zero attached hydrogens (tertiary/aromatic N) is 1. The summed E-state index contributed by atoms with van der Waals surface area (Å²) in [6.45, 7) is 3.74. The maximum Gasteiger partial charge on any atom is 0.193 e. The first kappa shape index (κ1) is 12.2. The van der Waals surface area contributed by atoms with Crippen LogP contribution in [0, 0.1) is 12.7 Å². The molecule has 0 bridgehead atoms. The molecule has 3 nitrogen and oxygen atoms in total. The van der Waals surface area contributed by atoms with Crippen molar-refractivity contribution in [3.05, 3.63) is 35.1 Å². The average molecular weight is 237 g/mol. The Morgan fingerprint density at radius 3 is 3.00 bits per heavy atom. The zero-order valence-electron chi connectivity index (χ0n) is 10.1. The van der Waals surface area contributed by atoms with E-state index in [9.17, 15) is 9.18 Å². The van der Waals surface area contributed by atoms with Crippen molar-refractivity contribution in [2.75, 3.05) is 26.7 Å². The van der Waals surface area contributed by atoms with Gasteiger partial charge in [0, 0.05) is 18.7 Å². The van der Waals surface area contributed by atoms with Gasteiger partial charge in [0.1, 0.15) is 11.9 Å². The van der Waals surface area contributed by atoms with Crippen molar-refractivity contribution in [3.63, 3.8) is 0 Å². The number of aryl methyl sites for hydroxylation is 1. The van der Waals surface area contributed by atoms with Gasteiger partial charge in [0.2, 0.25) is 0 Å². The van der Waals surface area contributed by atoms with Crippen LogP contribution in [0.4, 0.5) is 4.39 Å². The quantitative estimate of drug-likeness (QED) is 0.732. The lowest BCUT2D eigenvalue weighted by atomic mass is 10.00. The van der Waals surface area contributed by atoms with Gasteiger partial charge >= 0.3 is 0 Å². The predicted octanol–water partition coefficient (Wildman–Crippen LogP) is 1.65. The summed E-state index contributed by atoms with van der Waals surface area (Å²) in [7, 11) is 1.95. The molecule has 1 aliphatic heterocycles. The highest BCUT2D eigenvalue weighted by molar-refractivity contribution is 6.00. The number of hydrogen-bond donors (Lipinski definition) is 0. The number of carbonyl (C=O) groups excluding carboxylic acids is 1. The zero-order valence-corrected chi connectivity index (χ0v) is 10.1. The van der Waals surface area contributed by atoms with Crippen LogP contribution in [-0.2, 0) is 4.74 Å². The van der Waals surface area contributed by atoms with E-state index in [2.05, 4.69) is 0 Å². The summed E-state index contributed by atoms with van der Waals surface area (Å²) < 4.78 is 18.6. The summed E-state index contributed by atoms with van der Waals surface area (Å²) in [5.74, 6) is -0.517.